The van der Waals surface area contributed by atoms with Gasteiger partial charge in [-0.15, -0.1) is 0 Å². The van der Waals surface area contributed by atoms with E-state index >= 15 is 0 Å². The van der Waals surface area contributed by atoms with Gasteiger partial charge in [0.05, 0.1) is 24.6 Å². The summed E-state index contributed by atoms with van der Waals surface area (Å²) in [6.45, 7) is 0.0197. The molecule has 0 aromatic heterocycles. The molecule has 1 saturated carbocycles. The summed E-state index contributed by atoms with van der Waals surface area (Å²) in [5.74, 6) is -1.84. The largest absolute Gasteiger partial charge is 0.404 e. The number of nitrogens with two attached hydrogens (primary N) is 2. The zero-order valence-electron chi connectivity index (χ0n) is 19.2. The number of nitrogens with one attached hydrogen (secondary N) is 1. The first kappa shape index (κ1) is 26.4. The normalized spacial score (nSPS) is 26.2. The highest BCUT2D eigenvalue weighted by atomic mass is 19.4. The summed E-state index contributed by atoms with van der Waals surface area (Å²) in [4.78, 5) is 25.0. The molecule has 1 heterocycles. The van der Waals surface area contributed by atoms with Gasteiger partial charge in [-0.25, -0.2) is 0 Å². The SMILES string of the molecule is NC(=O)C[C@H](N)C(=O)N[C@@H](Cc1ccccc1)[C@H](O)CN1CC[C@H]2CCCC[C@H]2[C@H]1C(F)(F)F. The molecule has 2 fully saturated rings. The first-order chi connectivity index (χ1) is 16.1. The van der Waals surface area contributed by atoms with E-state index in [0.29, 0.717) is 12.8 Å². The molecule has 1 aliphatic carbocycles. The Bertz CT molecular complexity index is 823. The van der Waals surface area contributed by atoms with Crippen LogP contribution in [0.2, 0.25) is 0 Å². The van der Waals surface area contributed by atoms with Gasteiger partial charge in [-0.2, -0.15) is 13.2 Å². The van der Waals surface area contributed by atoms with E-state index in [2.05, 4.69) is 5.32 Å². The second kappa shape index (κ2) is 11.5. The van der Waals surface area contributed by atoms with Gasteiger partial charge < -0.3 is 21.9 Å². The second-order valence-corrected chi connectivity index (χ2v) is 9.63. The number of β-amino-alcohol motifs (C(OH)–C–C–N with tert-alkyl or cyclic N) is 1. The molecular weight excluding hydrogens is 449 g/mol. The minimum atomic E-state index is -4.40. The Morgan fingerprint density at radius 3 is 2.47 bits per heavy atom. The number of alkyl halides is 3. The summed E-state index contributed by atoms with van der Waals surface area (Å²) in [7, 11) is 0. The smallest absolute Gasteiger partial charge is 0.390 e. The predicted octanol–water partition coefficient (Wildman–Crippen LogP) is 1.72. The lowest BCUT2D eigenvalue weighted by Crippen LogP contribution is -2.61. The number of aliphatic hydroxyl groups is 1. The lowest BCUT2D eigenvalue weighted by molar-refractivity contribution is -0.219. The van der Waals surface area contributed by atoms with E-state index in [1.807, 2.05) is 6.07 Å². The predicted molar refractivity (Wildman–Crippen MR) is 121 cm³/mol. The van der Waals surface area contributed by atoms with Crippen molar-refractivity contribution in [2.45, 2.75) is 75.4 Å². The monoisotopic (exact) mass is 484 g/mol. The third-order valence-corrected chi connectivity index (χ3v) is 7.16. The number of carbonyl (C=O) groups is 2. The number of rotatable bonds is 9. The third-order valence-electron chi connectivity index (χ3n) is 7.16. The van der Waals surface area contributed by atoms with E-state index in [1.165, 1.54) is 4.90 Å². The highest BCUT2D eigenvalue weighted by molar-refractivity contribution is 5.87. The number of benzene rings is 1. The molecule has 0 bridgehead atoms. The van der Waals surface area contributed by atoms with Crippen LogP contribution in [-0.2, 0) is 16.0 Å². The summed E-state index contributed by atoms with van der Waals surface area (Å²) >= 11 is 0. The van der Waals surface area contributed by atoms with Crippen LogP contribution in [0.1, 0.15) is 44.1 Å². The maximum Gasteiger partial charge on any atom is 0.404 e. The van der Waals surface area contributed by atoms with Crippen molar-refractivity contribution in [3.63, 3.8) is 0 Å². The molecule has 7 nitrogen and oxygen atoms in total. The summed E-state index contributed by atoms with van der Waals surface area (Å²) in [5.41, 5.74) is 11.7. The number of primary amides is 1. The number of carbonyl (C=O) groups excluding carboxylic acids is 2. The first-order valence-electron chi connectivity index (χ1n) is 11.9. The molecule has 34 heavy (non-hydrogen) atoms. The fourth-order valence-corrected chi connectivity index (χ4v) is 5.52. The molecule has 2 aliphatic rings. The Labute approximate surface area is 198 Å². The molecule has 190 valence electrons. The highest BCUT2D eigenvalue weighted by Crippen LogP contribution is 2.45. The van der Waals surface area contributed by atoms with E-state index in [1.54, 1.807) is 24.3 Å². The molecule has 2 amide bonds. The number of fused-ring (bicyclic) bond motifs is 1. The number of amides is 2. The summed E-state index contributed by atoms with van der Waals surface area (Å²) in [6.07, 6.45) is -2.06. The van der Waals surface area contributed by atoms with Gasteiger partial charge in [0, 0.05) is 6.54 Å². The van der Waals surface area contributed by atoms with E-state index in [4.69, 9.17) is 11.5 Å². The standard InChI is InChI=1S/C24H35F3N4O3/c25-24(26,27)22-17-9-5-4-8-16(17)10-11-31(22)14-20(32)19(12-15-6-2-1-3-7-15)30-23(34)18(28)13-21(29)33/h1-3,6-7,16-20,22,32H,4-5,8-14,28H2,(H2,29,33)(H,30,34)/t16-,17-,18+,19+,20-,22+/m1/s1. The summed E-state index contributed by atoms with van der Waals surface area (Å²) in [6, 6.07) is 5.34. The minimum absolute atomic E-state index is 0.0559. The highest BCUT2D eigenvalue weighted by Gasteiger charge is 2.53. The zero-order chi connectivity index (χ0) is 24.9. The van der Waals surface area contributed by atoms with Crippen LogP contribution in [0.4, 0.5) is 13.2 Å². The van der Waals surface area contributed by atoms with Crippen LogP contribution in [-0.4, -0.2) is 65.3 Å². The topological polar surface area (TPSA) is 122 Å². The van der Waals surface area contributed by atoms with Crippen molar-refractivity contribution in [1.29, 1.82) is 0 Å². The maximum atomic E-state index is 14.1. The number of aliphatic hydroxyl groups excluding tert-OH is 1. The van der Waals surface area contributed by atoms with Crippen molar-refractivity contribution in [2.24, 2.45) is 23.3 Å². The van der Waals surface area contributed by atoms with E-state index < -0.39 is 48.1 Å². The van der Waals surface area contributed by atoms with E-state index in [-0.39, 0.29) is 31.8 Å². The van der Waals surface area contributed by atoms with Crippen molar-refractivity contribution in [3.05, 3.63) is 35.9 Å². The van der Waals surface area contributed by atoms with Crippen LogP contribution in [0.15, 0.2) is 30.3 Å². The van der Waals surface area contributed by atoms with Gasteiger partial charge in [-0.05, 0) is 43.2 Å². The molecule has 1 aromatic rings. The molecule has 0 radical (unpaired) electrons. The average Bonchev–Trinajstić information content (AvgIpc) is 2.77. The van der Waals surface area contributed by atoms with Gasteiger partial charge in [0.25, 0.3) is 0 Å². The first-order valence-corrected chi connectivity index (χ1v) is 11.9. The fourth-order valence-electron chi connectivity index (χ4n) is 5.52. The zero-order valence-corrected chi connectivity index (χ0v) is 19.2. The Morgan fingerprint density at radius 1 is 1.15 bits per heavy atom. The molecule has 0 spiro atoms. The number of hydrogen-bond acceptors (Lipinski definition) is 5. The Balaban J connectivity index is 1.76. The Morgan fingerprint density at radius 2 is 1.82 bits per heavy atom. The molecule has 10 heteroatoms. The van der Waals surface area contributed by atoms with E-state index in [9.17, 15) is 27.9 Å². The van der Waals surface area contributed by atoms with Crippen molar-refractivity contribution < 1.29 is 27.9 Å². The third kappa shape index (κ3) is 6.93. The lowest BCUT2D eigenvalue weighted by atomic mass is 9.70. The maximum absolute atomic E-state index is 14.1. The fraction of sp³-hybridized carbons (Fsp3) is 0.667. The van der Waals surface area contributed by atoms with Crippen LogP contribution in [0.5, 0.6) is 0 Å². The van der Waals surface area contributed by atoms with Gasteiger partial charge in [0.15, 0.2) is 0 Å². The number of piperidine rings is 1. The number of hydrogen-bond donors (Lipinski definition) is 4. The van der Waals surface area contributed by atoms with E-state index in [0.717, 1.165) is 24.8 Å². The number of halogens is 3. The summed E-state index contributed by atoms with van der Waals surface area (Å²) in [5, 5.41) is 13.7. The molecule has 1 aliphatic heterocycles. The van der Waals surface area contributed by atoms with Crippen LogP contribution in [0.25, 0.3) is 0 Å². The Kier molecular flexibility index (Phi) is 8.95. The van der Waals surface area contributed by atoms with Crippen molar-refractivity contribution in [1.82, 2.24) is 10.2 Å². The van der Waals surface area contributed by atoms with Crippen molar-refractivity contribution >= 4 is 11.8 Å². The van der Waals surface area contributed by atoms with Gasteiger partial charge in [-0.3, -0.25) is 14.5 Å². The molecular formula is C24H35F3N4O3. The second-order valence-electron chi connectivity index (χ2n) is 9.63. The molecule has 0 unspecified atom stereocenters. The van der Waals surface area contributed by atoms with Crippen LogP contribution in [0.3, 0.4) is 0 Å². The lowest BCUT2D eigenvalue weighted by Gasteiger charge is -2.49. The van der Waals surface area contributed by atoms with Gasteiger partial charge in [0.2, 0.25) is 11.8 Å². The van der Waals surface area contributed by atoms with Gasteiger partial charge in [0.1, 0.15) is 6.04 Å². The number of likely N-dealkylation sites (tertiary alicyclic amines) is 1. The molecule has 1 saturated heterocycles. The quantitative estimate of drug-likeness (QED) is 0.425. The molecule has 6 atom stereocenters. The average molecular weight is 485 g/mol. The van der Waals surface area contributed by atoms with Crippen molar-refractivity contribution in [3.8, 4) is 0 Å². The summed E-state index contributed by atoms with van der Waals surface area (Å²) < 4.78 is 42.4. The van der Waals surface area contributed by atoms with Crippen molar-refractivity contribution in [2.75, 3.05) is 13.1 Å². The molecule has 1 aromatic carbocycles. The minimum Gasteiger partial charge on any atom is -0.390 e. The number of nitrogens with zero attached hydrogens (tertiary/aromatic N) is 1. The molecule has 6 N–H and O–H groups in total. The van der Waals surface area contributed by atoms with Gasteiger partial charge in [-0.1, -0.05) is 49.6 Å². The Hall–Kier alpha value is -2.17. The van der Waals surface area contributed by atoms with Crippen LogP contribution in [0, 0.1) is 11.8 Å². The molecule has 3 rings (SSSR count). The van der Waals surface area contributed by atoms with Crippen LogP contribution >= 0.6 is 0 Å². The van der Waals surface area contributed by atoms with Gasteiger partial charge >= 0.3 is 6.18 Å². The van der Waals surface area contributed by atoms with Crippen LogP contribution < -0.4 is 16.8 Å².